The number of pyridine rings is 1. The molecule has 0 radical (unpaired) electrons. The first-order valence-electron chi connectivity index (χ1n) is 14.3. The first-order chi connectivity index (χ1) is 20.5. The Morgan fingerprint density at radius 1 is 0.786 bits per heavy atom. The van der Waals surface area contributed by atoms with Gasteiger partial charge in [-0.15, -0.1) is 0 Å². The quantitative estimate of drug-likeness (QED) is 0.193. The Balaban J connectivity index is 1.23. The summed E-state index contributed by atoms with van der Waals surface area (Å²) in [5.74, 6) is 1.05. The summed E-state index contributed by atoms with van der Waals surface area (Å²) in [6.07, 6.45) is 1.93. The number of hydrogen-bond acceptors (Lipinski definition) is 4. The van der Waals surface area contributed by atoms with E-state index >= 15 is 0 Å². The molecule has 0 spiro atoms. The van der Waals surface area contributed by atoms with Gasteiger partial charge in [-0.1, -0.05) is 48.5 Å². The predicted octanol–water partition coefficient (Wildman–Crippen LogP) is 6.34. The number of nitrogens with zero attached hydrogens (tertiary/aromatic N) is 5. The van der Waals surface area contributed by atoms with Gasteiger partial charge in [-0.05, 0) is 84.0 Å². The highest BCUT2D eigenvalue weighted by Gasteiger charge is 2.22. The van der Waals surface area contributed by atoms with Crippen molar-refractivity contribution < 1.29 is 0 Å². The minimum atomic E-state index is -0.0463. The molecule has 1 aromatic heterocycles. The van der Waals surface area contributed by atoms with E-state index in [9.17, 15) is 4.79 Å². The van der Waals surface area contributed by atoms with Crippen LogP contribution in [0, 0.1) is 25.2 Å². The first-order valence-corrected chi connectivity index (χ1v) is 14.3. The molecule has 208 valence electrons. The standard InChI is InChI=1S/C36H33N5O/c1-25-7-4-5-8-31(25)35(38-3)40-21-19-39(20-22-40)29-15-17-30(18-16-29)41-24-26(2)34-32(9-6-10-33(34)36(41)42)28-13-11-27(23-37)12-14-28/h4-18,24H,19-22H2,1-3H3. The van der Waals surface area contributed by atoms with Gasteiger partial charge >= 0.3 is 0 Å². The second-order valence-electron chi connectivity index (χ2n) is 10.8. The lowest BCUT2D eigenvalue weighted by atomic mass is 9.96. The fourth-order valence-corrected chi connectivity index (χ4v) is 6.02. The molecular formula is C36H33N5O. The summed E-state index contributed by atoms with van der Waals surface area (Å²) in [6.45, 7) is 7.77. The van der Waals surface area contributed by atoms with Crippen molar-refractivity contribution in [2.24, 2.45) is 4.99 Å². The molecule has 4 aromatic carbocycles. The fourth-order valence-electron chi connectivity index (χ4n) is 6.02. The zero-order valence-electron chi connectivity index (χ0n) is 24.2. The number of hydrogen-bond donors (Lipinski definition) is 0. The molecule has 1 aliphatic heterocycles. The highest BCUT2D eigenvalue weighted by atomic mass is 16.1. The lowest BCUT2D eigenvalue weighted by molar-refractivity contribution is 0.386. The van der Waals surface area contributed by atoms with Gasteiger partial charge in [-0.25, -0.2) is 0 Å². The third-order valence-electron chi connectivity index (χ3n) is 8.23. The zero-order valence-corrected chi connectivity index (χ0v) is 24.2. The molecule has 1 fully saturated rings. The van der Waals surface area contributed by atoms with Crippen molar-refractivity contribution >= 4 is 22.3 Å². The minimum absolute atomic E-state index is 0.0463. The van der Waals surface area contributed by atoms with Crippen LogP contribution in [0.15, 0.2) is 107 Å². The summed E-state index contributed by atoms with van der Waals surface area (Å²) in [5, 5.41) is 10.8. The molecule has 5 aromatic rings. The number of fused-ring (bicyclic) bond motifs is 1. The molecule has 6 nitrogen and oxygen atoms in total. The molecule has 1 aliphatic rings. The highest BCUT2D eigenvalue weighted by molar-refractivity contribution is 6.00. The monoisotopic (exact) mass is 551 g/mol. The van der Waals surface area contributed by atoms with E-state index in [1.807, 2.05) is 74.8 Å². The predicted molar refractivity (Wildman–Crippen MR) is 172 cm³/mol. The van der Waals surface area contributed by atoms with Crippen LogP contribution in [0.2, 0.25) is 0 Å². The van der Waals surface area contributed by atoms with Crippen molar-refractivity contribution in [2.45, 2.75) is 13.8 Å². The van der Waals surface area contributed by atoms with Gasteiger partial charge in [0, 0.05) is 61.7 Å². The van der Waals surface area contributed by atoms with E-state index in [4.69, 9.17) is 5.26 Å². The second-order valence-corrected chi connectivity index (χ2v) is 10.8. The summed E-state index contributed by atoms with van der Waals surface area (Å²) in [7, 11) is 1.87. The minimum Gasteiger partial charge on any atom is -0.368 e. The van der Waals surface area contributed by atoms with Gasteiger partial charge in [0.25, 0.3) is 5.56 Å². The number of rotatable bonds is 4. The van der Waals surface area contributed by atoms with E-state index in [1.165, 1.54) is 11.1 Å². The molecule has 0 amide bonds. The smallest absolute Gasteiger partial charge is 0.262 e. The van der Waals surface area contributed by atoms with E-state index in [0.717, 1.165) is 65.5 Å². The molecule has 42 heavy (non-hydrogen) atoms. The lowest BCUT2D eigenvalue weighted by Crippen LogP contribution is -2.49. The Morgan fingerprint density at radius 2 is 1.48 bits per heavy atom. The number of piperazine rings is 1. The number of aryl methyl sites for hydroxylation is 2. The summed E-state index contributed by atoms with van der Waals surface area (Å²) in [5.41, 5.74) is 7.99. The second kappa shape index (κ2) is 11.4. The molecule has 2 heterocycles. The van der Waals surface area contributed by atoms with Crippen LogP contribution in [0.25, 0.3) is 27.6 Å². The normalized spacial score (nSPS) is 13.8. The van der Waals surface area contributed by atoms with Crippen molar-refractivity contribution in [1.29, 1.82) is 5.26 Å². The van der Waals surface area contributed by atoms with Crippen LogP contribution in [-0.2, 0) is 0 Å². The maximum Gasteiger partial charge on any atom is 0.262 e. The Bertz CT molecular complexity index is 1890. The number of amidine groups is 1. The average molecular weight is 552 g/mol. The summed E-state index contributed by atoms with van der Waals surface area (Å²) < 4.78 is 1.74. The summed E-state index contributed by atoms with van der Waals surface area (Å²) in [4.78, 5) is 23.1. The highest BCUT2D eigenvalue weighted by Crippen LogP contribution is 2.30. The Morgan fingerprint density at radius 3 is 2.14 bits per heavy atom. The van der Waals surface area contributed by atoms with Crippen molar-refractivity contribution in [1.82, 2.24) is 9.47 Å². The number of nitriles is 1. The van der Waals surface area contributed by atoms with E-state index in [0.29, 0.717) is 10.9 Å². The van der Waals surface area contributed by atoms with Crippen molar-refractivity contribution in [2.75, 3.05) is 38.1 Å². The molecule has 0 atom stereocenters. The Kier molecular flexibility index (Phi) is 7.33. The van der Waals surface area contributed by atoms with Crippen LogP contribution in [-0.4, -0.2) is 48.5 Å². The largest absolute Gasteiger partial charge is 0.368 e. The Labute approximate surface area is 246 Å². The van der Waals surface area contributed by atoms with E-state index in [1.54, 1.807) is 4.57 Å². The van der Waals surface area contributed by atoms with Crippen LogP contribution >= 0.6 is 0 Å². The molecule has 0 N–H and O–H groups in total. The van der Waals surface area contributed by atoms with Gasteiger partial charge in [0.15, 0.2) is 0 Å². The van der Waals surface area contributed by atoms with E-state index in [-0.39, 0.29) is 5.56 Å². The van der Waals surface area contributed by atoms with Gasteiger partial charge in [0.2, 0.25) is 0 Å². The summed E-state index contributed by atoms with van der Waals surface area (Å²) in [6, 6.07) is 32.2. The third kappa shape index (κ3) is 4.95. The number of aliphatic imine (C=N–C) groups is 1. The Hall–Kier alpha value is -5.15. The van der Waals surface area contributed by atoms with Gasteiger partial charge in [-0.3, -0.25) is 14.4 Å². The average Bonchev–Trinajstić information content (AvgIpc) is 3.04. The van der Waals surface area contributed by atoms with Gasteiger partial charge in [0.1, 0.15) is 5.84 Å². The van der Waals surface area contributed by atoms with Crippen molar-refractivity contribution in [3.8, 4) is 22.9 Å². The first kappa shape index (κ1) is 27.0. The number of aromatic nitrogens is 1. The van der Waals surface area contributed by atoms with Gasteiger partial charge in [0.05, 0.1) is 11.6 Å². The van der Waals surface area contributed by atoms with Gasteiger partial charge < -0.3 is 9.80 Å². The molecule has 1 saturated heterocycles. The van der Waals surface area contributed by atoms with E-state index in [2.05, 4.69) is 64.2 Å². The van der Waals surface area contributed by atoms with Crippen LogP contribution in [0.1, 0.15) is 22.3 Å². The van der Waals surface area contributed by atoms with E-state index < -0.39 is 0 Å². The topological polar surface area (TPSA) is 64.6 Å². The maximum atomic E-state index is 13.7. The SMILES string of the molecule is CN=C(c1ccccc1C)N1CCN(c2ccc(-n3cc(C)c4c(-c5ccc(C#N)cc5)cccc4c3=O)cc2)CC1. The molecule has 0 saturated carbocycles. The third-order valence-corrected chi connectivity index (χ3v) is 8.23. The summed E-state index contributed by atoms with van der Waals surface area (Å²) >= 11 is 0. The number of anilines is 1. The molecule has 6 rings (SSSR count). The van der Waals surface area contributed by atoms with Crippen LogP contribution in [0.4, 0.5) is 5.69 Å². The van der Waals surface area contributed by atoms with Gasteiger partial charge in [-0.2, -0.15) is 5.26 Å². The van der Waals surface area contributed by atoms with Crippen molar-refractivity contribution in [3.63, 3.8) is 0 Å². The zero-order chi connectivity index (χ0) is 29.2. The maximum absolute atomic E-state index is 13.7. The molecule has 0 aliphatic carbocycles. The lowest BCUT2D eigenvalue weighted by Gasteiger charge is -2.38. The molecule has 0 bridgehead atoms. The molecular weight excluding hydrogens is 518 g/mol. The fraction of sp³-hybridized carbons (Fsp3) is 0.194. The van der Waals surface area contributed by atoms with Crippen molar-refractivity contribution in [3.05, 3.63) is 130 Å². The molecule has 6 heteroatoms. The van der Waals surface area contributed by atoms with Crippen LogP contribution < -0.4 is 10.5 Å². The van der Waals surface area contributed by atoms with Crippen LogP contribution in [0.3, 0.4) is 0 Å². The number of benzene rings is 4. The van der Waals surface area contributed by atoms with Crippen LogP contribution in [0.5, 0.6) is 0 Å². The molecule has 0 unspecified atom stereocenters.